The molecular weight excluding hydrogens is 364 g/mol. The van der Waals surface area contributed by atoms with E-state index in [2.05, 4.69) is 0 Å². The van der Waals surface area contributed by atoms with Crippen LogP contribution in [0.2, 0.25) is 0 Å². The predicted octanol–water partition coefficient (Wildman–Crippen LogP) is 3.35. The minimum atomic E-state index is -0.222. The van der Waals surface area contributed by atoms with E-state index in [1.807, 2.05) is 70.5 Å². The highest BCUT2D eigenvalue weighted by Crippen LogP contribution is 2.25. The minimum absolute atomic E-state index is 0.0770. The van der Waals surface area contributed by atoms with E-state index in [9.17, 15) is 9.59 Å². The standard InChI is InChI=1S/C24H28N2O3/c27-23-14-21(17-26(23)15-19-8-3-1-4-9-19)24(28)25-13-7-10-20(16-25)18-29-22-11-5-2-6-12-22/h1-6,8-9,11-12,20-21H,7,10,13-18H2. The third kappa shape index (κ3) is 4.97. The van der Waals surface area contributed by atoms with Crippen molar-refractivity contribution in [2.45, 2.75) is 25.8 Å². The average molecular weight is 392 g/mol. The number of hydrogen-bond acceptors (Lipinski definition) is 3. The number of amides is 2. The summed E-state index contributed by atoms with van der Waals surface area (Å²) in [6.07, 6.45) is 2.39. The Labute approximate surface area is 172 Å². The normalized spacial score (nSPS) is 22.0. The molecule has 0 spiro atoms. The van der Waals surface area contributed by atoms with Crippen LogP contribution in [0.25, 0.3) is 0 Å². The number of hydrogen-bond donors (Lipinski definition) is 0. The molecule has 0 saturated carbocycles. The summed E-state index contributed by atoms with van der Waals surface area (Å²) in [7, 11) is 0. The summed E-state index contributed by atoms with van der Waals surface area (Å²) in [6, 6.07) is 19.8. The largest absolute Gasteiger partial charge is 0.493 e. The van der Waals surface area contributed by atoms with Gasteiger partial charge in [-0.3, -0.25) is 9.59 Å². The molecule has 2 fully saturated rings. The zero-order valence-electron chi connectivity index (χ0n) is 16.7. The predicted molar refractivity (Wildman–Crippen MR) is 111 cm³/mol. The first-order valence-corrected chi connectivity index (χ1v) is 10.5. The maximum Gasteiger partial charge on any atom is 0.228 e. The molecule has 2 aliphatic heterocycles. The van der Waals surface area contributed by atoms with Gasteiger partial charge in [-0.1, -0.05) is 48.5 Å². The Bertz CT molecular complexity index is 825. The molecule has 2 saturated heterocycles. The van der Waals surface area contributed by atoms with Gasteiger partial charge < -0.3 is 14.5 Å². The summed E-state index contributed by atoms with van der Waals surface area (Å²) in [6.45, 7) is 3.22. The monoisotopic (exact) mass is 392 g/mol. The van der Waals surface area contributed by atoms with E-state index in [0.29, 0.717) is 32.0 Å². The molecule has 2 aromatic rings. The fourth-order valence-corrected chi connectivity index (χ4v) is 4.28. The van der Waals surface area contributed by atoms with Crippen molar-refractivity contribution in [1.29, 1.82) is 0 Å². The van der Waals surface area contributed by atoms with Crippen molar-refractivity contribution in [3.05, 3.63) is 66.2 Å². The molecule has 2 atom stereocenters. The van der Waals surface area contributed by atoms with E-state index in [0.717, 1.165) is 37.2 Å². The highest BCUT2D eigenvalue weighted by Gasteiger charge is 2.37. The Morgan fingerprint density at radius 1 is 1.00 bits per heavy atom. The van der Waals surface area contributed by atoms with Crippen molar-refractivity contribution in [3.63, 3.8) is 0 Å². The van der Waals surface area contributed by atoms with Crippen LogP contribution in [-0.2, 0) is 16.1 Å². The van der Waals surface area contributed by atoms with Crippen molar-refractivity contribution in [2.75, 3.05) is 26.2 Å². The molecule has 0 aromatic heterocycles. The van der Waals surface area contributed by atoms with Gasteiger partial charge in [-0.2, -0.15) is 0 Å². The molecule has 2 unspecified atom stereocenters. The van der Waals surface area contributed by atoms with E-state index in [1.54, 1.807) is 0 Å². The van der Waals surface area contributed by atoms with Crippen molar-refractivity contribution in [2.24, 2.45) is 11.8 Å². The van der Waals surface area contributed by atoms with Gasteiger partial charge in [0.25, 0.3) is 0 Å². The molecule has 2 aromatic carbocycles. The Hall–Kier alpha value is -2.82. The quantitative estimate of drug-likeness (QED) is 0.758. The highest BCUT2D eigenvalue weighted by atomic mass is 16.5. The van der Waals surface area contributed by atoms with Crippen LogP contribution < -0.4 is 4.74 Å². The van der Waals surface area contributed by atoms with E-state index in [-0.39, 0.29) is 17.7 Å². The van der Waals surface area contributed by atoms with Gasteiger partial charge in [0.1, 0.15) is 5.75 Å². The molecule has 5 heteroatoms. The number of para-hydroxylation sites is 1. The zero-order valence-corrected chi connectivity index (χ0v) is 16.7. The van der Waals surface area contributed by atoms with Crippen LogP contribution in [0.1, 0.15) is 24.8 Å². The van der Waals surface area contributed by atoms with Crippen LogP contribution in [0.3, 0.4) is 0 Å². The summed E-state index contributed by atoms with van der Waals surface area (Å²) < 4.78 is 5.90. The molecule has 5 nitrogen and oxygen atoms in total. The molecule has 0 N–H and O–H groups in total. The van der Waals surface area contributed by atoms with Crippen molar-refractivity contribution in [1.82, 2.24) is 9.80 Å². The molecule has 2 heterocycles. The lowest BCUT2D eigenvalue weighted by molar-refractivity contribution is -0.137. The Morgan fingerprint density at radius 2 is 1.72 bits per heavy atom. The van der Waals surface area contributed by atoms with Crippen molar-refractivity contribution in [3.8, 4) is 5.75 Å². The van der Waals surface area contributed by atoms with Gasteiger partial charge in [0, 0.05) is 38.5 Å². The van der Waals surface area contributed by atoms with E-state index in [4.69, 9.17) is 4.74 Å². The molecular formula is C24H28N2O3. The molecule has 2 amide bonds. The number of ether oxygens (including phenoxy) is 1. The van der Waals surface area contributed by atoms with Gasteiger partial charge >= 0.3 is 0 Å². The number of likely N-dealkylation sites (tertiary alicyclic amines) is 2. The van der Waals surface area contributed by atoms with Crippen LogP contribution in [0.15, 0.2) is 60.7 Å². The summed E-state index contributed by atoms with van der Waals surface area (Å²) in [5.41, 5.74) is 1.10. The van der Waals surface area contributed by atoms with Gasteiger partial charge in [0.2, 0.25) is 11.8 Å². The zero-order chi connectivity index (χ0) is 20.1. The van der Waals surface area contributed by atoms with Crippen molar-refractivity contribution >= 4 is 11.8 Å². The number of nitrogens with zero attached hydrogens (tertiary/aromatic N) is 2. The molecule has 0 radical (unpaired) electrons. The second-order valence-corrected chi connectivity index (χ2v) is 8.08. The summed E-state index contributed by atoms with van der Waals surface area (Å²) in [4.78, 5) is 29.3. The average Bonchev–Trinajstić information content (AvgIpc) is 3.13. The van der Waals surface area contributed by atoms with Crippen LogP contribution >= 0.6 is 0 Å². The fourth-order valence-electron chi connectivity index (χ4n) is 4.28. The second kappa shape index (κ2) is 9.12. The highest BCUT2D eigenvalue weighted by molar-refractivity contribution is 5.89. The molecule has 2 aliphatic rings. The lowest BCUT2D eigenvalue weighted by Crippen LogP contribution is -2.44. The van der Waals surface area contributed by atoms with Gasteiger partial charge in [-0.15, -0.1) is 0 Å². The van der Waals surface area contributed by atoms with Gasteiger partial charge in [0.15, 0.2) is 0 Å². The lowest BCUT2D eigenvalue weighted by atomic mass is 9.97. The van der Waals surface area contributed by atoms with Crippen LogP contribution in [0.5, 0.6) is 5.75 Å². The Morgan fingerprint density at radius 3 is 2.48 bits per heavy atom. The topological polar surface area (TPSA) is 49.9 Å². The second-order valence-electron chi connectivity index (χ2n) is 8.08. The van der Waals surface area contributed by atoms with Crippen LogP contribution in [-0.4, -0.2) is 47.9 Å². The third-order valence-corrected chi connectivity index (χ3v) is 5.84. The van der Waals surface area contributed by atoms with E-state index in [1.165, 1.54) is 0 Å². The smallest absolute Gasteiger partial charge is 0.228 e. The maximum absolute atomic E-state index is 13.1. The minimum Gasteiger partial charge on any atom is -0.493 e. The SMILES string of the molecule is O=C1CC(C(=O)N2CCCC(COc3ccccc3)C2)CN1Cc1ccccc1. The molecule has 4 rings (SSSR count). The molecule has 152 valence electrons. The molecule has 0 bridgehead atoms. The maximum atomic E-state index is 13.1. The third-order valence-electron chi connectivity index (χ3n) is 5.84. The van der Waals surface area contributed by atoms with Crippen molar-refractivity contribution < 1.29 is 14.3 Å². The summed E-state index contributed by atoms with van der Waals surface area (Å²) >= 11 is 0. The Balaban J connectivity index is 1.30. The number of piperidine rings is 1. The lowest BCUT2D eigenvalue weighted by Gasteiger charge is -2.34. The number of benzene rings is 2. The van der Waals surface area contributed by atoms with Gasteiger partial charge in [-0.05, 0) is 30.5 Å². The van der Waals surface area contributed by atoms with E-state index < -0.39 is 0 Å². The van der Waals surface area contributed by atoms with Gasteiger partial charge in [0.05, 0.1) is 12.5 Å². The molecule has 0 aliphatic carbocycles. The van der Waals surface area contributed by atoms with E-state index >= 15 is 0 Å². The first kappa shape index (κ1) is 19.5. The van der Waals surface area contributed by atoms with Crippen LogP contribution in [0.4, 0.5) is 0 Å². The fraction of sp³-hybridized carbons (Fsp3) is 0.417. The Kier molecular flexibility index (Phi) is 6.13. The van der Waals surface area contributed by atoms with Gasteiger partial charge in [-0.25, -0.2) is 0 Å². The number of rotatable bonds is 6. The number of carbonyl (C=O) groups is 2. The number of carbonyl (C=O) groups excluding carboxylic acids is 2. The summed E-state index contributed by atoms with van der Waals surface area (Å²) in [5, 5.41) is 0. The first-order valence-electron chi connectivity index (χ1n) is 10.5. The van der Waals surface area contributed by atoms with Crippen LogP contribution in [0, 0.1) is 11.8 Å². The summed E-state index contributed by atoms with van der Waals surface area (Å²) in [5.74, 6) is 1.19. The first-order chi connectivity index (χ1) is 14.2. The molecule has 29 heavy (non-hydrogen) atoms.